The predicted molar refractivity (Wildman–Crippen MR) is 128 cm³/mol. The van der Waals surface area contributed by atoms with Gasteiger partial charge in [-0.15, -0.1) is 0 Å². The lowest BCUT2D eigenvalue weighted by Crippen LogP contribution is -2.47. The second-order valence-electron chi connectivity index (χ2n) is 8.49. The molecule has 1 heterocycles. The maximum Gasteiger partial charge on any atom is 0.242 e. The van der Waals surface area contributed by atoms with Gasteiger partial charge < -0.3 is 15.0 Å². The number of carbonyl (C=O) groups excluding carboxylic acids is 2. The van der Waals surface area contributed by atoms with Gasteiger partial charge in [0.1, 0.15) is 11.8 Å². The standard InChI is InChI=1S/C24H31N3O5S/c1-6-32-22-10-8-7-9-20(22)25-24(29)23(15(2)3)26-33(30,31)19-11-12-21-18(14-19)13-16(4)27(21)17(5)28/h7-12,14-16,23,26H,6,13H2,1-5H3,(H,25,29)/t16-,23-/m1/s1. The first kappa shape index (κ1) is 24.7. The minimum Gasteiger partial charge on any atom is -0.492 e. The predicted octanol–water partition coefficient (Wildman–Crippen LogP) is 3.32. The number of nitrogens with one attached hydrogen (secondary N) is 2. The Morgan fingerprint density at radius 2 is 1.88 bits per heavy atom. The number of nitrogens with zero attached hydrogens (tertiary/aromatic N) is 1. The summed E-state index contributed by atoms with van der Waals surface area (Å²) >= 11 is 0. The van der Waals surface area contributed by atoms with Crippen molar-refractivity contribution in [2.45, 2.75) is 58.0 Å². The summed E-state index contributed by atoms with van der Waals surface area (Å²) in [6.07, 6.45) is 0.570. The molecule has 0 bridgehead atoms. The van der Waals surface area contributed by atoms with Crippen molar-refractivity contribution in [3.8, 4) is 5.75 Å². The molecular weight excluding hydrogens is 442 g/mol. The van der Waals surface area contributed by atoms with Gasteiger partial charge in [0.2, 0.25) is 21.8 Å². The van der Waals surface area contributed by atoms with Crippen molar-refractivity contribution in [2.75, 3.05) is 16.8 Å². The molecule has 0 saturated carbocycles. The third-order valence-electron chi connectivity index (χ3n) is 5.59. The average molecular weight is 474 g/mol. The molecule has 8 nitrogen and oxygen atoms in total. The summed E-state index contributed by atoms with van der Waals surface area (Å²) in [5, 5.41) is 2.78. The van der Waals surface area contributed by atoms with Crippen LogP contribution in [0.15, 0.2) is 47.4 Å². The third kappa shape index (κ3) is 5.36. The van der Waals surface area contributed by atoms with Crippen molar-refractivity contribution in [3.63, 3.8) is 0 Å². The molecule has 33 heavy (non-hydrogen) atoms. The number of carbonyl (C=O) groups is 2. The lowest BCUT2D eigenvalue weighted by Gasteiger charge is -2.23. The third-order valence-corrected chi connectivity index (χ3v) is 7.03. The van der Waals surface area contributed by atoms with Gasteiger partial charge in [-0.1, -0.05) is 26.0 Å². The largest absolute Gasteiger partial charge is 0.492 e. The second-order valence-corrected chi connectivity index (χ2v) is 10.2. The van der Waals surface area contributed by atoms with Gasteiger partial charge in [0.15, 0.2) is 0 Å². The fourth-order valence-electron chi connectivity index (χ4n) is 4.04. The van der Waals surface area contributed by atoms with Gasteiger partial charge in [-0.25, -0.2) is 8.42 Å². The van der Waals surface area contributed by atoms with Crippen molar-refractivity contribution in [1.82, 2.24) is 4.72 Å². The number of ether oxygens (including phenoxy) is 1. The van der Waals surface area contributed by atoms with E-state index in [0.29, 0.717) is 24.5 Å². The van der Waals surface area contributed by atoms with Crippen LogP contribution in [-0.4, -0.2) is 38.9 Å². The normalized spacial score (nSPS) is 16.4. The van der Waals surface area contributed by atoms with E-state index in [4.69, 9.17) is 4.74 Å². The molecule has 1 aliphatic rings. The topological polar surface area (TPSA) is 105 Å². The molecule has 2 aromatic carbocycles. The summed E-state index contributed by atoms with van der Waals surface area (Å²) in [5.74, 6) is -0.347. The van der Waals surface area contributed by atoms with Crippen LogP contribution in [0.4, 0.5) is 11.4 Å². The number of anilines is 2. The van der Waals surface area contributed by atoms with Crippen LogP contribution >= 0.6 is 0 Å². The number of amides is 2. The quantitative estimate of drug-likeness (QED) is 0.612. The van der Waals surface area contributed by atoms with Crippen LogP contribution in [0.3, 0.4) is 0 Å². The van der Waals surface area contributed by atoms with Gasteiger partial charge in [-0.2, -0.15) is 4.72 Å². The highest BCUT2D eigenvalue weighted by atomic mass is 32.2. The average Bonchev–Trinajstić information content (AvgIpc) is 3.08. The van der Waals surface area contributed by atoms with E-state index in [1.165, 1.54) is 13.0 Å². The fraction of sp³-hybridized carbons (Fsp3) is 0.417. The summed E-state index contributed by atoms with van der Waals surface area (Å²) in [6.45, 7) is 9.24. The molecule has 178 valence electrons. The molecule has 0 fully saturated rings. The molecule has 0 spiro atoms. The van der Waals surface area contributed by atoms with Crippen LogP contribution in [0, 0.1) is 5.92 Å². The molecule has 1 aliphatic heterocycles. The minimum atomic E-state index is -3.98. The molecular formula is C24H31N3O5S. The molecule has 2 atom stereocenters. The van der Waals surface area contributed by atoms with E-state index < -0.39 is 22.0 Å². The van der Waals surface area contributed by atoms with Gasteiger partial charge in [-0.05, 0) is 62.1 Å². The van der Waals surface area contributed by atoms with Crippen LogP contribution in [0.1, 0.15) is 40.2 Å². The Kier molecular flexibility index (Phi) is 7.44. The first-order valence-corrected chi connectivity index (χ1v) is 12.5. The van der Waals surface area contributed by atoms with Gasteiger partial charge in [0, 0.05) is 18.7 Å². The Morgan fingerprint density at radius 1 is 1.18 bits per heavy atom. The van der Waals surface area contributed by atoms with Crippen LogP contribution < -0.4 is 19.7 Å². The number of rotatable bonds is 8. The van der Waals surface area contributed by atoms with Crippen LogP contribution in [-0.2, 0) is 26.0 Å². The highest BCUT2D eigenvalue weighted by Crippen LogP contribution is 2.34. The van der Waals surface area contributed by atoms with E-state index in [9.17, 15) is 18.0 Å². The lowest BCUT2D eigenvalue weighted by molar-refractivity contribution is -0.118. The zero-order chi connectivity index (χ0) is 24.3. The van der Waals surface area contributed by atoms with Crippen molar-refractivity contribution in [1.29, 1.82) is 0 Å². The summed E-state index contributed by atoms with van der Waals surface area (Å²) in [6, 6.07) is 10.7. The van der Waals surface area contributed by atoms with Gasteiger partial charge in [-0.3, -0.25) is 9.59 Å². The van der Waals surface area contributed by atoms with E-state index in [0.717, 1.165) is 11.3 Å². The molecule has 0 aliphatic carbocycles. The molecule has 2 aromatic rings. The Labute approximate surface area is 195 Å². The fourth-order valence-corrected chi connectivity index (χ4v) is 5.44. The SMILES string of the molecule is CCOc1ccccc1NC(=O)[C@H](NS(=O)(=O)c1ccc2c(c1)C[C@@H](C)N2C(C)=O)C(C)C. The van der Waals surface area contributed by atoms with E-state index >= 15 is 0 Å². The minimum absolute atomic E-state index is 0.0389. The van der Waals surface area contributed by atoms with E-state index in [2.05, 4.69) is 10.0 Å². The Morgan fingerprint density at radius 3 is 2.52 bits per heavy atom. The van der Waals surface area contributed by atoms with Gasteiger partial charge in [0.25, 0.3) is 0 Å². The number of hydrogen-bond donors (Lipinski definition) is 2. The molecule has 2 amide bonds. The maximum atomic E-state index is 13.2. The summed E-state index contributed by atoms with van der Waals surface area (Å²) in [5.41, 5.74) is 1.99. The number of para-hydroxylation sites is 2. The molecule has 0 aromatic heterocycles. The number of hydrogen-bond acceptors (Lipinski definition) is 5. The first-order valence-electron chi connectivity index (χ1n) is 11.0. The zero-order valence-electron chi connectivity index (χ0n) is 19.6. The maximum absolute atomic E-state index is 13.2. The van der Waals surface area contributed by atoms with Gasteiger partial charge >= 0.3 is 0 Å². The summed E-state index contributed by atoms with van der Waals surface area (Å²) < 4.78 is 34.4. The van der Waals surface area contributed by atoms with Gasteiger partial charge in [0.05, 0.1) is 17.2 Å². The van der Waals surface area contributed by atoms with Crippen LogP contribution in [0.2, 0.25) is 0 Å². The monoisotopic (exact) mass is 473 g/mol. The number of fused-ring (bicyclic) bond motifs is 1. The highest BCUT2D eigenvalue weighted by Gasteiger charge is 2.32. The molecule has 3 rings (SSSR count). The zero-order valence-corrected chi connectivity index (χ0v) is 20.4. The van der Waals surface area contributed by atoms with E-state index in [1.807, 2.05) is 13.8 Å². The molecule has 2 N–H and O–H groups in total. The summed E-state index contributed by atoms with van der Waals surface area (Å²) in [7, 11) is -3.98. The van der Waals surface area contributed by atoms with Crippen LogP contribution in [0.25, 0.3) is 0 Å². The smallest absolute Gasteiger partial charge is 0.242 e. The number of benzene rings is 2. The number of sulfonamides is 1. The highest BCUT2D eigenvalue weighted by molar-refractivity contribution is 7.89. The van der Waals surface area contributed by atoms with Crippen molar-refractivity contribution in [3.05, 3.63) is 48.0 Å². The van der Waals surface area contributed by atoms with Crippen LogP contribution in [0.5, 0.6) is 5.75 Å². The lowest BCUT2D eigenvalue weighted by atomic mass is 10.0. The Hall–Kier alpha value is -2.91. The Balaban J connectivity index is 1.83. The molecule has 0 saturated heterocycles. The summed E-state index contributed by atoms with van der Waals surface area (Å²) in [4.78, 5) is 26.7. The molecule has 9 heteroatoms. The van der Waals surface area contributed by atoms with Crippen molar-refractivity contribution >= 4 is 33.2 Å². The Bertz CT molecular complexity index is 1150. The van der Waals surface area contributed by atoms with Crippen molar-refractivity contribution in [2.24, 2.45) is 5.92 Å². The van der Waals surface area contributed by atoms with Crippen molar-refractivity contribution < 1.29 is 22.7 Å². The molecule has 0 radical (unpaired) electrons. The second kappa shape index (κ2) is 9.93. The first-order chi connectivity index (χ1) is 15.5. The van der Waals surface area contributed by atoms with E-state index in [-0.39, 0.29) is 22.8 Å². The molecule has 0 unspecified atom stereocenters. The van der Waals surface area contributed by atoms with E-state index in [1.54, 1.807) is 55.1 Å².